The van der Waals surface area contributed by atoms with Gasteiger partial charge in [0.05, 0.1) is 0 Å². The molecule has 0 aromatic carbocycles. The molecule has 2 heteroatoms. The highest BCUT2D eigenvalue weighted by molar-refractivity contribution is 5.46. The molecule has 1 amide bonds. The molecule has 0 bridgehead atoms. The Morgan fingerprint density at radius 2 is 0.594 bits per heavy atom. The molecule has 0 spiro atoms. The molecule has 192 valence electrons. The first-order valence-corrected chi connectivity index (χ1v) is 15.0. The van der Waals surface area contributed by atoms with Gasteiger partial charge in [-0.2, -0.15) is 0 Å². The predicted molar refractivity (Wildman–Crippen MR) is 144 cm³/mol. The van der Waals surface area contributed by atoms with Crippen molar-refractivity contribution in [3.63, 3.8) is 0 Å². The molecule has 0 heterocycles. The first kappa shape index (κ1) is 31.5. The fraction of sp³-hybridized carbons (Fsp3) is 0.967. The fourth-order valence-electron chi connectivity index (χ4n) is 4.71. The second kappa shape index (κ2) is 28.5. The third-order valence-corrected chi connectivity index (χ3v) is 7.00. The molecule has 0 aromatic rings. The van der Waals surface area contributed by atoms with Crippen LogP contribution in [0.25, 0.3) is 0 Å². The highest BCUT2D eigenvalue weighted by Gasteiger charge is 2.01. The van der Waals surface area contributed by atoms with Gasteiger partial charge in [-0.3, -0.25) is 4.79 Å². The maximum atomic E-state index is 11.3. The maximum Gasteiger partial charge on any atom is 0.209 e. The third-order valence-electron chi connectivity index (χ3n) is 7.00. The molecule has 0 aliphatic carbocycles. The number of rotatable bonds is 28. The predicted octanol–water partition coefficient (Wildman–Crippen LogP) is 10.2. The minimum atomic E-state index is 0.971. The van der Waals surface area contributed by atoms with Crippen molar-refractivity contribution >= 4 is 6.41 Å². The first-order valence-electron chi connectivity index (χ1n) is 15.0. The van der Waals surface area contributed by atoms with Crippen molar-refractivity contribution in [3.05, 3.63) is 0 Å². The summed E-state index contributed by atoms with van der Waals surface area (Å²) in [6.07, 6.45) is 35.7. The van der Waals surface area contributed by atoms with Crippen molar-refractivity contribution in [2.24, 2.45) is 0 Å². The fourth-order valence-corrected chi connectivity index (χ4v) is 4.71. The lowest BCUT2D eigenvalue weighted by atomic mass is 10.0. The molecular formula is C30H61NO. The summed E-state index contributed by atoms with van der Waals surface area (Å²) in [5, 5.41) is 0. The van der Waals surface area contributed by atoms with Crippen molar-refractivity contribution in [2.45, 2.75) is 174 Å². The number of unbranched alkanes of at least 4 members (excludes halogenated alkanes) is 23. The molecule has 0 unspecified atom stereocenters. The summed E-state index contributed by atoms with van der Waals surface area (Å²) < 4.78 is 0. The number of hydrogen-bond donors (Lipinski definition) is 0. The Hall–Kier alpha value is -0.530. The van der Waals surface area contributed by atoms with E-state index in [1.807, 2.05) is 4.90 Å². The average molecular weight is 452 g/mol. The number of nitrogens with zero attached hydrogens (tertiary/aromatic N) is 1. The maximum absolute atomic E-state index is 11.3. The van der Waals surface area contributed by atoms with Crippen LogP contribution < -0.4 is 0 Å². The summed E-state index contributed by atoms with van der Waals surface area (Å²) in [6, 6.07) is 0. The van der Waals surface area contributed by atoms with Gasteiger partial charge >= 0.3 is 0 Å². The zero-order chi connectivity index (χ0) is 23.4. The van der Waals surface area contributed by atoms with Gasteiger partial charge in [0, 0.05) is 13.1 Å². The van der Waals surface area contributed by atoms with Crippen molar-refractivity contribution in [3.8, 4) is 0 Å². The Kier molecular flexibility index (Phi) is 28.0. The van der Waals surface area contributed by atoms with E-state index in [0.717, 1.165) is 19.5 Å². The third kappa shape index (κ3) is 25.7. The van der Waals surface area contributed by atoms with Crippen LogP contribution in [0.4, 0.5) is 0 Å². The van der Waals surface area contributed by atoms with Crippen LogP contribution in [-0.4, -0.2) is 24.4 Å². The minimum Gasteiger partial charge on any atom is -0.345 e. The highest BCUT2D eigenvalue weighted by atomic mass is 16.1. The van der Waals surface area contributed by atoms with Crippen molar-refractivity contribution in [2.75, 3.05) is 13.1 Å². The van der Waals surface area contributed by atoms with Crippen molar-refractivity contribution in [1.29, 1.82) is 0 Å². The Morgan fingerprint density at radius 1 is 0.375 bits per heavy atom. The van der Waals surface area contributed by atoms with Gasteiger partial charge in [-0.05, 0) is 12.8 Å². The lowest BCUT2D eigenvalue weighted by Gasteiger charge is -2.17. The van der Waals surface area contributed by atoms with Crippen molar-refractivity contribution < 1.29 is 4.79 Å². The average Bonchev–Trinajstić information content (AvgIpc) is 2.81. The monoisotopic (exact) mass is 451 g/mol. The van der Waals surface area contributed by atoms with E-state index in [1.54, 1.807) is 0 Å². The second-order valence-corrected chi connectivity index (χ2v) is 10.3. The molecule has 0 aromatic heterocycles. The number of amides is 1. The van der Waals surface area contributed by atoms with Gasteiger partial charge in [0.25, 0.3) is 0 Å². The van der Waals surface area contributed by atoms with Crippen LogP contribution in [0.1, 0.15) is 174 Å². The summed E-state index contributed by atoms with van der Waals surface area (Å²) in [7, 11) is 0. The van der Waals surface area contributed by atoms with Gasteiger partial charge in [-0.1, -0.05) is 162 Å². The molecule has 2 nitrogen and oxygen atoms in total. The Labute approximate surface area is 203 Å². The quantitative estimate of drug-likeness (QED) is 0.0855. The second-order valence-electron chi connectivity index (χ2n) is 10.3. The zero-order valence-electron chi connectivity index (χ0n) is 22.5. The van der Waals surface area contributed by atoms with Gasteiger partial charge in [-0.25, -0.2) is 0 Å². The molecule has 32 heavy (non-hydrogen) atoms. The largest absolute Gasteiger partial charge is 0.345 e. The summed E-state index contributed by atoms with van der Waals surface area (Å²) in [6.45, 7) is 6.51. The molecule has 0 fully saturated rings. The lowest BCUT2D eigenvalue weighted by Crippen LogP contribution is -2.24. The normalized spacial score (nSPS) is 11.2. The summed E-state index contributed by atoms with van der Waals surface area (Å²) in [5.41, 5.74) is 0. The van der Waals surface area contributed by atoms with Crippen LogP contribution in [0.3, 0.4) is 0 Å². The summed E-state index contributed by atoms with van der Waals surface area (Å²) in [5.74, 6) is 0. The van der Waals surface area contributed by atoms with Crippen LogP contribution in [0, 0.1) is 0 Å². The van der Waals surface area contributed by atoms with Gasteiger partial charge in [-0.15, -0.1) is 0 Å². The van der Waals surface area contributed by atoms with Crippen LogP contribution >= 0.6 is 0 Å². The molecule has 0 N–H and O–H groups in total. The van der Waals surface area contributed by atoms with Crippen LogP contribution in [0.5, 0.6) is 0 Å². The molecule has 0 aliphatic rings. The Balaban J connectivity index is 3.26. The zero-order valence-corrected chi connectivity index (χ0v) is 22.5. The van der Waals surface area contributed by atoms with E-state index in [2.05, 4.69) is 13.8 Å². The lowest BCUT2D eigenvalue weighted by molar-refractivity contribution is -0.118. The van der Waals surface area contributed by atoms with Crippen molar-refractivity contribution in [1.82, 2.24) is 4.90 Å². The van der Waals surface area contributed by atoms with E-state index in [4.69, 9.17) is 0 Å². The first-order chi connectivity index (χ1) is 15.8. The molecule has 0 aliphatic heterocycles. The minimum absolute atomic E-state index is 0.971. The van der Waals surface area contributed by atoms with E-state index in [1.165, 1.54) is 161 Å². The topological polar surface area (TPSA) is 20.3 Å². The van der Waals surface area contributed by atoms with Crippen LogP contribution in [0.2, 0.25) is 0 Å². The van der Waals surface area contributed by atoms with Gasteiger partial charge in [0.15, 0.2) is 0 Å². The summed E-state index contributed by atoms with van der Waals surface area (Å²) in [4.78, 5) is 13.3. The van der Waals surface area contributed by atoms with E-state index in [-0.39, 0.29) is 0 Å². The number of carbonyl (C=O) groups excluding carboxylic acids is 1. The highest BCUT2D eigenvalue weighted by Crippen LogP contribution is 2.14. The SMILES string of the molecule is CCCCCCCCCCCCCCCCCN(C=O)CCCCCCCCCCCC. The molecule has 0 rings (SSSR count). The smallest absolute Gasteiger partial charge is 0.209 e. The van der Waals surface area contributed by atoms with Crippen LogP contribution in [0.15, 0.2) is 0 Å². The standard InChI is InChI=1S/C30H61NO/c1-3-5-7-9-11-13-15-16-17-18-19-21-23-25-27-29-31(30-32)28-26-24-22-20-14-12-10-8-6-4-2/h30H,3-29H2,1-2H3. The van der Waals surface area contributed by atoms with Gasteiger partial charge < -0.3 is 4.90 Å². The molecule has 0 saturated carbocycles. The van der Waals surface area contributed by atoms with Crippen LogP contribution in [-0.2, 0) is 4.79 Å². The summed E-state index contributed by atoms with van der Waals surface area (Å²) >= 11 is 0. The molecule has 0 saturated heterocycles. The van der Waals surface area contributed by atoms with E-state index >= 15 is 0 Å². The van der Waals surface area contributed by atoms with E-state index in [0.29, 0.717) is 0 Å². The number of carbonyl (C=O) groups is 1. The molecular weight excluding hydrogens is 390 g/mol. The van der Waals surface area contributed by atoms with Gasteiger partial charge in [0.2, 0.25) is 6.41 Å². The molecule has 0 atom stereocenters. The number of hydrogen-bond acceptors (Lipinski definition) is 1. The van der Waals surface area contributed by atoms with E-state index in [9.17, 15) is 4.79 Å². The molecule has 0 radical (unpaired) electrons. The Bertz CT molecular complexity index is 344. The van der Waals surface area contributed by atoms with Gasteiger partial charge in [0.1, 0.15) is 0 Å². The van der Waals surface area contributed by atoms with E-state index < -0.39 is 0 Å². The Morgan fingerprint density at radius 3 is 0.812 bits per heavy atom.